The van der Waals surface area contributed by atoms with Crippen LogP contribution in [0.4, 0.5) is 0 Å². The average molecular weight is 554 g/mol. The summed E-state index contributed by atoms with van der Waals surface area (Å²) in [6, 6.07) is 23.7. The normalized spacial score (nSPS) is 20.1. The van der Waals surface area contributed by atoms with Crippen molar-refractivity contribution in [1.82, 2.24) is 0 Å². The van der Waals surface area contributed by atoms with E-state index in [1.165, 1.54) is 23.4 Å². The van der Waals surface area contributed by atoms with Crippen LogP contribution in [0.2, 0.25) is 85.6 Å². The first-order valence-corrected chi connectivity index (χ1v) is 30.9. The highest BCUT2D eigenvalue weighted by Gasteiger charge is 2.74. The molecule has 194 valence electrons. The molecule has 0 aromatic heterocycles. The van der Waals surface area contributed by atoms with Gasteiger partial charge in [0.05, 0.1) is 0 Å². The molecule has 1 aliphatic heterocycles. The fourth-order valence-electron chi connectivity index (χ4n) is 11.2. The van der Waals surface area contributed by atoms with E-state index in [0.29, 0.717) is 7.05 Å². The van der Waals surface area contributed by atoms with Crippen molar-refractivity contribution >= 4 is 45.4 Å². The van der Waals surface area contributed by atoms with Crippen molar-refractivity contribution in [3.63, 3.8) is 0 Å². The van der Waals surface area contributed by atoms with E-state index in [4.69, 9.17) is 0 Å². The maximum Gasteiger partial charge on any atom is 0.148 e. The zero-order chi connectivity index (χ0) is 26.6. The minimum Gasteiger partial charge on any atom is -0.176 e. The first-order valence-electron chi connectivity index (χ1n) is 14.1. The van der Waals surface area contributed by atoms with Crippen molar-refractivity contribution in [1.29, 1.82) is 0 Å². The Morgan fingerprint density at radius 3 is 0.971 bits per heavy atom. The van der Waals surface area contributed by atoms with Crippen molar-refractivity contribution in [3.05, 3.63) is 71.8 Å². The lowest BCUT2D eigenvalue weighted by Gasteiger charge is -2.73. The molecule has 0 bridgehead atoms. The molecule has 0 unspecified atom stereocenters. The number of rotatable bonds is 8. The molecule has 1 heterocycles. The lowest BCUT2D eigenvalue weighted by Crippen LogP contribution is -2.78. The van der Waals surface area contributed by atoms with Gasteiger partial charge in [-0.15, -0.1) is 0 Å². The average Bonchev–Trinajstić information content (AvgIpc) is 3.01. The van der Waals surface area contributed by atoms with Gasteiger partial charge in [-0.1, -0.05) is 163 Å². The predicted octanol–water partition coefficient (Wildman–Crippen LogP) is 9.78. The SMILES string of the molecule is C[Si](C)(C)[C]1([Si](C)(C)C)CC[C]([Si](C)(C)C)([Si](C)(C)C)[Al-]1([CH2]c1ccccc1)[CH2]c1ccccc1. The zero-order valence-corrected chi connectivity index (χ0v) is 30.3. The largest absolute Gasteiger partial charge is 0.176 e. The Balaban J connectivity index is 2.57. The zero-order valence-electron chi connectivity index (χ0n) is 25.2. The Morgan fingerprint density at radius 2 is 0.743 bits per heavy atom. The van der Waals surface area contributed by atoms with Crippen LogP contribution in [0.1, 0.15) is 24.0 Å². The van der Waals surface area contributed by atoms with Crippen LogP contribution in [-0.2, 0) is 10.6 Å². The standard InChI is InChI=1S/C16H40Si4.2C7H7.Al/c1-17(2,3)15(18(4,5)6)13-14-16(19(7,8)9)20(10,11)12;2*1-7-5-3-2-4-6-7;/h13-14H2,1-12H3;2*2-6H,1H2;/q;;;-1. The quantitative estimate of drug-likeness (QED) is 0.285. The number of hydrogen-bond acceptors (Lipinski definition) is 0. The summed E-state index contributed by atoms with van der Waals surface area (Å²) in [4.78, 5) is 0. The monoisotopic (exact) mass is 553 g/mol. The smallest absolute Gasteiger partial charge is 0.148 e. The highest BCUT2D eigenvalue weighted by atomic mass is 28.4. The molecule has 35 heavy (non-hydrogen) atoms. The molecule has 0 saturated carbocycles. The first-order chi connectivity index (χ1) is 15.9. The van der Waals surface area contributed by atoms with E-state index in [1.54, 1.807) is 11.1 Å². The van der Waals surface area contributed by atoms with E-state index < -0.39 is 45.4 Å². The molecular weight excluding hydrogens is 500 g/mol. The predicted molar refractivity (Wildman–Crippen MR) is 174 cm³/mol. The maximum absolute atomic E-state index is 2.79. The summed E-state index contributed by atoms with van der Waals surface area (Å²) in [6.45, 7) is 33.5. The molecule has 1 fully saturated rings. The minimum absolute atomic E-state index is 0.652. The van der Waals surface area contributed by atoms with E-state index in [2.05, 4.69) is 139 Å². The van der Waals surface area contributed by atoms with Crippen molar-refractivity contribution in [2.45, 2.75) is 109 Å². The summed E-state index contributed by atoms with van der Waals surface area (Å²) in [5.74, 6) is 0. The Labute approximate surface area is 225 Å². The van der Waals surface area contributed by atoms with E-state index in [0.717, 1.165) is 0 Å². The van der Waals surface area contributed by atoms with Crippen molar-refractivity contribution in [2.75, 3.05) is 0 Å². The van der Waals surface area contributed by atoms with Gasteiger partial charge in [-0.2, -0.15) is 17.6 Å². The van der Waals surface area contributed by atoms with Crippen LogP contribution < -0.4 is 0 Å². The number of hydrogen-bond donors (Lipinski definition) is 0. The van der Waals surface area contributed by atoms with Crippen molar-refractivity contribution < 1.29 is 0 Å². The van der Waals surface area contributed by atoms with Gasteiger partial charge in [0, 0.05) is 32.3 Å². The highest BCUT2D eigenvalue weighted by molar-refractivity contribution is 7.26. The second-order valence-electron chi connectivity index (χ2n) is 16.1. The summed E-state index contributed by atoms with van der Waals surface area (Å²) >= 11 is -2.42. The fourth-order valence-corrected chi connectivity index (χ4v) is 72.3. The third-order valence-corrected chi connectivity index (χ3v) is 55.4. The van der Waals surface area contributed by atoms with Crippen LogP contribution in [-0.4, -0.2) is 45.4 Å². The molecule has 1 aliphatic rings. The molecule has 1 saturated heterocycles. The van der Waals surface area contributed by atoms with E-state index in [9.17, 15) is 0 Å². The lowest BCUT2D eigenvalue weighted by atomic mass is 10.2. The molecule has 0 spiro atoms. The van der Waals surface area contributed by atoms with Gasteiger partial charge in [0.2, 0.25) is 0 Å². The van der Waals surface area contributed by atoms with Gasteiger partial charge in [0.25, 0.3) is 0 Å². The summed E-state index contributed by atoms with van der Waals surface area (Å²) < 4.78 is 1.30. The van der Waals surface area contributed by atoms with Gasteiger partial charge >= 0.3 is 0 Å². The van der Waals surface area contributed by atoms with Crippen LogP contribution in [0.5, 0.6) is 0 Å². The molecule has 3 rings (SSSR count). The van der Waals surface area contributed by atoms with Gasteiger partial charge in [-0.25, -0.2) is 0 Å². The van der Waals surface area contributed by atoms with Gasteiger partial charge in [0.1, 0.15) is 13.1 Å². The summed E-state index contributed by atoms with van der Waals surface area (Å²) in [7, 11) is -6.08. The Kier molecular flexibility index (Phi) is 8.02. The van der Waals surface area contributed by atoms with E-state index in [-0.39, 0.29) is 0 Å². The molecule has 0 radical (unpaired) electrons. The van der Waals surface area contributed by atoms with E-state index in [1.807, 2.05) is 0 Å². The third kappa shape index (κ3) is 4.55. The molecular formula is C30H54AlSi4-. The topological polar surface area (TPSA) is 0 Å². The van der Waals surface area contributed by atoms with Crippen molar-refractivity contribution in [2.24, 2.45) is 0 Å². The molecule has 5 heteroatoms. The van der Waals surface area contributed by atoms with Crippen LogP contribution in [0.3, 0.4) is 0 Å². The summed E-state index contributed by atoms with van der Waals surface area (Å²) in [6.07, 6.45) is 3.08. The molecule has 2 aromatic carbocycles. The molecule has 0 aliphatic carbocycles. The van der Waals surface area contributed by atoms with Gasteiger partial charge in [0.15, 0.2) is 0 Å². The van der Waals surface area contributed by atoms with Crippen LogP contribution in [0.15, 0.2) is 60.7 Å². The Bertz CT molecular complexity index is 878. The fraction of sp³-hybridized carbons (Fsp3) is 0.600. The molecule has 2 aromatic rings. The van der Waals surface area contributed by atoms with Crippen LogP contribution in [0, 0.1) is 0 Å². The van der Waals surface area contributed by atoms with Gasteiger partial charge < -0.3 is 0 Å². The Morgan fingerprint density at radius 1 is 0.486 bits per heavy atom. The highest BCUT2D eigenvalue weighted by Crippen LogP contribution is 2.76. The minimum atomic E-state index is -2.42. The summed E-state index contributed by atoms with van der Waals surface area (Å²) in [5.41, 5.74) is 3.30. The third-order valence-electron chi connectivity index (χ3n) is 11.0. The lowest BCUT2D eigenvalue weighted by molar-refractivity contribution is 0.763. The van der Waals surface area contributed by atoms with E-state index >= 15 is 0 Å². The first kappa shape index (κ1) is 29.4. The summed E-state index contributed by atoms with van der Waals surface area (Å²) in [5, 5.41) is 2.84. The maximum atomic E-state index is 2.79. The van der Waals surface area contributed by atoms with Gasteiger partial charge in [-0.05, 0) is 0 Å². The second kappa shape index (κ2) is 9.54. The number of benzene rings is 2. The van der Waals surface area contributed by atoms with Crippen LogP contribution >= 0.6 is 0 Å². The van der Waals surface area contributed by atoms with Crippen molar-refractivity contribution in [3.8, 4) is 0 Å². The molecule has 0 nitrogen and oxygen atoms in total. The molecule has 0 amide bonds. The van der Waals surface area contributed by atoms with Crippen LogP contribution in [0.25, 0.3) is 0 Å². The Hall–Kier alpha value is -0.160. The second-order valence-corrected chi connectivity index (χ2v) is 46.2. The van der Waals surface area contributed by atoms with Gasteiger partial charge in [-0.3, -0.25) is 0 Å². The molecule has 0 N–H and O–H groups in total. The molecule has 0 atom stereocenters.